The monoisotopic (exact) mass is 319 g/mol. The maximum Gasteiger partial charge on any atom is 0.256 e. The third kappa shape index (κ3) is 3.30. The van der Waals surface area contributed by atoms with Crippen molar-refractivity contribution in [3.05, 3.63) is 71.9 Å². The molecule has 4 rings (SSSR count). The Morgan fingerprint density at radius 2 is 1.75 bits per heavy atom. The number of carbonyl (C=O) groups excluding carboxylic acids is 1. The second-order valence-corrected chi connectivity index (χ2v) is 5.88. The van der Waals surface area contributed by atoms with E-state index in [-0.39, 0.29) is 5.91 Å². The van der Waals surface area contributed by atoms with E-state index in [1.165, 1.54) is 12.8 Å². The minimum absolute atomic E-state index is 0.185. The zero-order valence-electron chi connectivity index (χ0n) is 13.0. The number of rotatable bonds is 5. The highest BCUT2D eigenvalue weighted by atomic mass is 16.5. The fourth-order valence-electron chi connectivity index (χ4n) is 2.49. The van der Waals surface area contributed by atoms with Crippen LogP contribution in [0.2, 0.25) is 0 Å². The fourth-order valence-corrected chi connectivity index (χ4v) is 2.49. The van der Waals surface area contributed by atoms with Gasteiger partial charge in [-0.05, 0) is 49.2 Å². The zero-order valence-corrected chi connectivity index (χ0v) is 13.0. The van der Waals surface area contributed by atoms with Crippen molar-refractivity contribution in [2.45, 2.75) is 18.8 Å². The van der Waals surface area contributed by atoms with Gasteiger partial charge in [-0.25, -0.2) is 0 Å². The van der Waals surface area contributed by atoms with Crippen molar-refractivity contribution < 1.29 is 9.53 Å². The first-order chi connectivity index (χ1) is 11.8. The van der Waals surface area contributed by atoms with Gasteiger partial charge in [0.2, 0.25) is 0 Å². The quantitative estimate of drug-likeness (QED) is 0.735. The smallest absolute Gasteiger partial charge is 0.256 e. The van der Waals surface area contributed by atoms with E-state index in [9.17, 15) is 4.79 Å². The molecule has 1 amide bonds. The SMILES string of the molecule is O=C(Nc1cc(C2CC2)[nH]n1)c1ccc(Oc2ccccc2)cc1. The summed E-state index contributed by atoms with van der Waals surface area (Å²) < 4.78 is 5.72. The molecule has 0 radical (unpaired) electrons. The zero-order chi connectivity index (χ0) is 16.4. The van der Waals surface area contributed by atoms with Crippen LogP contribution in [-0.2, 0) is 0 Å². The predicted molar refractivity (Wildman–Crippen MR) is 91.5 cm³/mol. The number of benzene rings is 2. The molecule has 0 aliphatic heterocycles. The molecule has 1 aliphatic carbocycles. The number of para-hydroxylation sites is 1. The van der Waals surface area contributed by atoms with E-state index in [1.54, 1.807) is 24.3 Å². The molecule has 0 bridgehead atoms. The Balaban J connectivity index is 1.40. The van der Waals surface area contributed by atoms with Crippen LogP contribution in [-0.4, -0.2) is 16.1 Å². The van der Waals surface area contributed by atoms with Crippen molar-refractivity contribution in [3.8, 4) is 11.5 Å². The molecule has 0 unspecified atom stereocenters. The molecular formula is C19H17N3O2. The first kappa shape index (κ1) is 14.5. The largest absolute Gasteiger partial charge is 0.457 e. The van der Waals surface area contributed by atoms with Gasteiger partial charge in [-0.2, -0.15) is 5.10 Å². The molecule has 5 nitrogen and oxygen atoms in total. The highest BCUT2D eigenvalue weighted by Crippen LogP contribution is 2.39. The number of nitrogens with zero attached hydrogens (tertiary/aromatic N) is 1. The molecule has 0 spiro atoms. The summed E-state index contributed by atoms with van der Waals surface area (Å²) in [5.41, 5.74) is 1.66. The highest BCUT2D eigenvalue weighted by molar-refractivity contribution is 6.03. The minimum atomic E-state index is -0.185. The van der Waals surface area contributed by atoms with Crippen LogP contribution in [0.25, 0.3) is 0 Å². The third-order valence-electron chi connectivity index (χ3n) is 3.95. The van der Waals surface area contributed by atoms with Gasteiger partial charge in [0.05, 0.1) is 0 Å². The summed E-state index contributed by atoms with van der Waals surface area (Å²) in [6, 6.07) is 18.5. The number of ether oxygens (including phenoxy) is 1. The standard InChI is InChI=1S/C19H17N3O2/c23-19(20-18-12-17(21-22-18)13-6-7-13)14-8-10-16(11-9-14)24-15-4-2-1-3-5-15/h1-5,8-13H,6-7H2,(H2,20,21,22,23). The number of hydrogen-bond acceptors (Lipinski definition) is 3. The summed E-state index contributed by atoms with van der Waals surface area (Å²) in [6.07, 6.45) is 2.39. The summed E-state index contributed by atoms with van der Waals surface area (Å²) in [4.78, 5) is 12.3. The summed E-state index contributed by atoms with van der Waals surface area (Å²) in [7, 11) is 0. The molecule has 120 valence electrons. The topological polar surface area (TPSA) is 67.0 Å². The Morgan fingerprint density at radius 1 is 1.04 bits per heavy atom. The van der Waals surface area contributed by atoms with Gasteiger partial charge >= 0.3 is 0 Å². The minimum Gasteiger partial charge on any atom is -0.457 e. The molecule has 0 saturated heterocycles. The summed E-state index contributed by atoms with van der Waals surface area (Å²) in [6.45, 7) is 0. The highest BCUT2D eigenvalue weighted by Gasteiger charge is 2.25. The molecular weight excluding hydrogens is 302 g/mol. The van der Waals surface area contributed by atoms with Gasteiger partial charge in [0.1, 0.15) is 11.5 Å². The Hall–Kier alpha value is -3.08. The van der Waals surface area contributed by atoms with Gasteiger partial charge in [-0.15, -0.1) is 0 Å². The van der Waals surface area contributed by atoms with Crippen LogP contribution < -0.4 is 10.1 Å². The van der Waals surface area contributed by atoms with E-state index >= 15 is 0 Å². The normalized spacial score (nSPS) is 13.5. The van der Waals surface area contributed by atoms with Gasteiger partial charge in [0.15, 0.2) is 5.82 Å². The molecule has 0 atom stereocenters. The molecule has 2 N–H and O–H groups in total. The van der Waals surface area contributed by atoms with E-state index in [1.807, 2.05) is 36.4 Å². The number of hydrogen-bond donors (Lipinski definition) is 2. The van der Waals surface area contributed by atoms with E-state index < -0.39 is 0 Å². The van der Waals surface area contributed by atoms with Crippen molar-refractivity contribution in [2.24, 2.45) is 0 Å². The summed E-state index contributed by atoms with van der Waals surface area (Å²) in [5, 5.41) is 9.92. The second-order valence-electron chi connectivity index (χ2n) is 5.88. The average Bonchev–Trinajstić information content (AvgIpc) is 3.36. The van der Waals surface area contributed by atoms with Crippen LogP contribution in [0.4, 0.5) is 5.82 Å². The van der Waals surface area contributed by atoms with Crippen molar-refractivity contribution in [2.75, 3.05) is 5.32 Å². The van der Waals surface area contributed by atoms with Crippen LogP contribution in [0.5, 0.6) is 11.5 Å². The van der Waals surface area contributed by atoms with Crippen molar-refractivity contribution >= 4 is 11.7 Å². The molecule has 1 aromatic heterocycles. The lowest BCUT2D eigenvalue weighted by Crippen LogP contribution is -2.11. The van der Waals surface area contributed by atoms with Gasteiger partial charge < -0.3 is 10.1 Å². The van der Waals surface area contributed by atoms with Gasteiger partial charge in [-0.3, -0.25) is 9.89 Å². The number of aromatic amines is 1. The van der Waals surface area contributed by atoms with Crippen LogP contribution in [0, 0.1) is 0 Å². The maximum absolute atomic E-state index is 12.3. The molecule has 1 heterocycles. The van der Waals surface area contributed by atoms with Crippen molar-refractivity contribution in [3.63, 3.8) is 0 Å². The molecule has 3 aromatic rings. The van der Waals surface area contributed by atoms with Crippen molar-refractivity contribution in [1.82, 2.24) is 10.2 Å². The fraction of sp³-hybridized carbons (Fsp3) is 0.158. The van der Waals surface area contributed by atoms with Crippen LogP contribution in [0.1, 0.15) is 34.8 Å². The first-order valence-electron chi connectivity index (χ1n) is 7.97. The van der Waals surface area contributed by atoms with Crippen LogP contribution >= 0.6 is 0 Å². The Labute approximate surface area is 139 Å². The molecule has 1 saturated carbocycles. The summed E-state index contributed by atoms with van der Waals surface area (Å²) >= 11 is 0. The van der Waals surface area contributed by atoms with E-state index in [4.69, 9.17) is 4.74 Å². The summed E-state index contributed by atoms with van der Waals surface area (Å²) in [5.74, 6) is 2.41. The lowest BCUT2D eigenvalue weighted by molar-refractivity contribution is 0.102. The molecule has 24 heavy (non-hydrogen) atoms. The maximum atomic E-state index is 12.3. The number of aromatic nitrogens is 2. The van der Waals surface area contributed by atoms with Crippen molar-refractivity contribution in [1.29, 1.82) is 0 Å². The van der Waals surface area contributed by atoms with Gasteiger partial charge in [0.25, 0.3) is 5.91 Å². The number of amides is 1. The Bertz CT molecular complexity index is 837. The molecule has 2 aromatic carbocycles. The second kappa shape index (κ2) is 6.20. The van der Waals surface area contributed by atoms with Gasteiger partial charge in [-0.1, -0.05) is 18.2 Å². The molecule has 1 fully saturated rings. The van der Waals surface area contributed by atoms with Crippen LogP contribution in [0.15, 0.2) is 60.7 Å². The number of anilines is 1. The third-order valence-corrected chi connectivity index (χ3v) is 3.95. The first-order valence-corrected chi connectivity index (χ1v) is 7.97. The van der Waals surface area contributed by atoms with E-state index in [2.05, 4.69) is 15.5 Å². The lowest BCUT2D eigenvalue weighted by Gasteiger charge is -2.06. The Kier molecular flexibility index (Phi) is 3.75. The number of nitrogens with one attached hydrogen (secondary N) is 2. The van der Waals surface area contributed by atoms with Crippen LogP contribution in [0.3, 0.4) is 0 Å². The van der Waals surface area contributed by atoms with E-state index in [0.717, 1.165) is 11.4 Å². The molecule has 5 heteroatoms. The Morgan fingerprint density at radius 3 is 2.46 bits per heavy atom. The number of H-pyrrole nitrogens is 1. The molecule has 1 aliphatic rings. The number of carbonyl (C=O) groups is 1. The predicted octanol–water partition coefficient (Wildman–Crippen LogP) is 4.33. The van der Waals surface area contributed by atoms with Gasteiger partial charge in [0, 0.05) is 23.2 Å². The van der Waals surface area contributed by atoms with E-state index in [0.29, 0.717) is 23.0 Å². The average molecular weight is 319 g/mol. The lowest BCUT2D eigenvalue weighted by atomic mass is 10.2.